The van der Waals surface area contributed by atoms with Crippen molar-refractivity contribution in [2.24, 2.45) is 11.1 Å². The van der Waals surface area contributed by atoms with Crippen LogP contribution in [0.1, 0.15) is 36.8 Å². The summed E-state index contributed by atoms with van der Waals surface area (Å²) < 4.78 is 23.9. The molecule has 2 unspecified atom stereocenters. The molecule has 1 heterocycles. The first-order valence-electron chi connectivity index (χ1n) is 8.09. The number of halogens is 2. The third-order valence-electron chi connectivity index (χ3n) is 4.82. The zero-order valence-electron chi connectivity index (χ0n) is 14.0. The predicted molar refractivity (Wildman–Crippen MR) is 102 cm³/mol. The molecule has 0 amide bonds. The van der Waals surface area contributed by atoms with Crippen LogP contribution in [0.4, 0.5) is 0 Å². The van der Waals surface area contributed by atoms with Gasteiger partial charge in [-0.25, -0.2) is 13.6 Å². The highest BCUT2D eigenvalue weighted by Crippen LogP contribution is 2.48. The van der Waals surface area contributed by atoms with Gasteiger partial charge >= 0.3 is 0 Å². The minimum Gasteiger partial charge on any atom is -0.264 e. The molecule has 26 heavy (non-hydrogen) atoms. The lowest BCUT2D eigenvalue weighted by Gasteiger charge is -2.24. The van der Waals surface area contributed by atoms with Crippen LogP contribution >= 0.6 is 23.2 Å². The van der Waals surface area contributed by atoms with Gasteiger partial charge in [0.15, 0.2) is 0 Å². The number of primary sulfonamides is 1. The van der Waals surface area contributed by atoms with E-state index in [0.29, 0.717) is 32.3 Å². The van der Waals surface area contributed by atoms with E-state index in [1.807, 2.05) is 6.07 Å². The third-order valence-corrected chi connectivity index (χ3v) is 6.88. The van der Waals surface area contributed by atoms with Crippen LogP contribution in [-0.4, -0.2) is 18.7 Å². The first-order chi connectivity index (χ1) is 12.2. The van der Waals surface area contributed by atoms with Gasteiger partial charge in [-0.05, 0) is 48.9 Å². The summed E-state index contributed by atoms with van der Waals surface area (Å²) in [7, 11) is -3.71. The zero-order chi connectivity index (χ0) is 19.1. The van der Waals surface area contributed by atoms with Crippen molar-refractivity contribution < 1.29 is 8.42 Å². The Hall–Kier alpha value is -1.65. The Bertz CT molecular complexity index is 998. The molecule has 0 aliphatic heterocycles. The van der Waals surface area contributed by atoms with E-state index in [1.54, 1.807) is 37.5 Å². The van der Waals surface area contributed by atoms with Crippen LogP contribution in [0.15, 0.2) is 30.6 Å². The van der Waals surface area contributed by atoms with Gasteiger partial charge in [0.05, 0.1) is 20.9 Å². The highest BCUT2D eigenvalue weighted by Gasteiger charge is 2.41. The summed E-state index contributed by atoms with van der Waals surface area (Å²) in [6.07, 6.45) is 5.10. The number of rotatable bonds is 5. The lowest BCUT2D eigenvalue weighted by Crippen LogP contribution is -2.32. The fraction of sp³-hybridized carbons (Fsp3) is 0.333. The highest BCUT2D eigenvalue weighted by molar-refractivity contribution is 7.89. The summed E-state index contributed by atoms with van der Waals surface area (Å²) in [5.74, 6) is -0.0822. The van der Waals surface area contributed by atoms with Gasteiger partial charge in [-0.1, -0.05) is 29.3 Å². The summed E-state index contributed by atoms with van der Waals surface area (Å²) in [5, 5.41) is 14.4. The Balaban J connectivity index is 2.09. The van der Waals surface area contributed by atoms with Crippen molar-refractivity contribution in [1.82, 2.24) is 4.98 Å². The fourth-order valence-corrected chi connectivity index (χ4v) is 4.55. The number of nitrogens with two attached hydrogens (primary N) is 1. The molecule has 1 fully saturated rings. The number of hydrogen-bond donors (Lipinski definition) is 1. The van der Waals surface area contributed by atoms with Crippen LogP contribution in [0.2, 0.25) is 10.0 Å². The monoisotopic (exact) mass is 409 g/mol. The molecule has 136 valence electrons. The van der Waals surface area contributed by atoms with Gasteiger partial charge in [-0.3, -0.25) is 4.98 Å². The summed E-state index contributed by atoms with van der Waals surface area (Å²) in [5.41, 5.74) is 2.40. The van der Waals surface area contributed by atoms with Crippen LogP contribution < -0.4 is 5.14 Å². The van der Waals surface area contributed by atoms with Crippen molar-refractivity contribution in [2.75, 3.05) is 0 Å². The van der Waals surface area contributed by atoms with E-state index in [4.69, 9.17) is 33.6 Å². The molecule has 0 radical (unpaired) electrons. The average Bonchev–Trinajstić information content (AvgIpc) is 3.40. The maximum atomic E-state index is 11.9. The van der Waals surface area contributed by atoms with Gasteiger partial charge < -0.3 is 0 Å². The lowest BCUT2D eigenvalue weighted by molar-refractivity contribution is 0.536. The number of sulfonamides is 1. The number of hydrogen-bond acceptors (Lipinski definition) is 4. The van der Waals surface area contributed by atoms with Crippen LogP contribution in [0.25, 0.3) is 11.1 Å². The van der Waals surface area contributed by atoms with Crippen LogP contribution in [0.5, 0.6) is 0 Å². The predicted octanol–water partition coefficient (Wildman–Crippen LogP) is 4.10. The van der Waals surface area contributed by atoms with E-state index < -0.39 is 15.3 Å². The molecule has 5 nitrogen and oxygen atoms in total. The van der Waals surface area contributed by atoms with Gasteiger partial charge in [0.25, 0.3) is 0 Å². The summed E-state index contributed by atoms with van der Waals surface area (Å²) in [6, 6.07) is 7.03. The topological polar surface area (TPSA) is 96.8 Å². The minimum atomic E-state index is -3.71. The maximum absolute atomic E-state index is 11.9. The Morgan fingerprint density at radius 2 is 2.00 bits per heavy atom. The van der Waals surface area contributed by atoms with Crippen molar-refractivity contribution in [1.29, 1.82) is 5.26 Å². The normalized spacial score (nSPS) is 16.7. The fourth-order valence-electron chi connectivity index (χ4n) is 3.22. The maximum Gasteiger partial charge on any atom is 0.212 e. The van der Waals surface area contributed by atoms with Gasteiger partial charge in [-0.2, -0.15) is 5.26 Å². The first kappa shape index (κ1) is 19.1. The lowest BCUT2D eigenvalue weighted by atomic mass is 9.90. The van der Waals surface area contributed by atoms with E-state index >= 15 is 0 Å². The standard InChI is InChI=1S/C18H17Cl2N3O2S/c1-10(26(22,24)25)17(11-2-3-11)15-9-23-8-14(18(15)20)12-4-5-13(7-21)16(19)6-12/h4-6,8-11,17H,2-3H2,1H3,(H2,22,24,25). The number of benzene rings is 1. The molecule has 1 aromatic heterocycles. The molecule has 1 aliphatic rings. The highest BCUT2D eigenvalue weighted by atomic mass is 35.5. The zero-order valence-corrected chi connectivity index (χ0v) is 16.3. The van der Waals surface area contributed by atoms with Crippen molar-refractivity contribution >= 4 is 33.2 Å². The van der Waals surface area contributed by atoms with E-state index in [9.17, 15) is 8.42 Å². The molecular weight excluding hydrogens is 393 g/mol. The second-order valence-corrected chi connectivity index (χ2v) is 9.26. The molecule has 0 spiro atoms. The van der Waals surface area contributed by atoms with E-state index in [2.05, 4.69) is 4.98 Å². The van der Waals surface area contributed by atoms with Gasteiger partial charge in [0, 0.05) is 23.9 Å². The molecule has 2 atom stereocenters. The SMILES string of the molecule is CC(C(c1cncc(-c2ccc(C#N)c(Cl)c2)c1Cl)C1CC1)S(N)(=O)=O. The smallest absolute Gasteiger partial charge is 0.212 e. The molecule has 0 bridgehead atoms. The molecule has 0 saturated heterocycles. The molecule has 8 heteroatoms. The molecule has 3 rings (SSSR count). The van der Waals surface area contributed by atoms with Crippen molar-refractivity contribution in [3.63, 3.8) is 0 Å². The largest absolute Gasteiger partial charge is 0.264 e. The summed E-state index contributed by atoms with van der Waals surface area (Å²) in [4.78, 5) is 4.26. The van der Waals surface area contributed by atoms with E-state index in [0.717, 1.165) is 12.8 Å². The van der Waals surface area contributed by atoms with Crippen molar-refractivity contribution in [3.05, 3.63) is 51.8 Å². The number of nitrogens with zero attached hydrogens (tertiary/aromatic N) is 2. The second-order valence-electron chi connectivity index (χ2n) is 6.55. The number of nitriles is 1. The van der Waals surface area contributed by atoms with Gasteiger partial charge in [0.2, 0.25) is 10.0 Å². The summed E-state index contributed by atoms with van der Waals surface area (Å²) in [6.45, 7) is 1.61. The van der Waals surface area contributed by atoms with Gasteiger partial charge in [-0.15, -0.1) is 0 Å². The Labute approximate surface area is 162 Å². The van der Waals surface area contributed by atoms with Crippen molar-refractivity contribution in [2.45, 2.75) is 30.9 Å². The Morgan fingerprint density at radius 1 is 1.31 bits per heavy atom. The molecule has 1 saturated carbocycles. The molecule has 1 aromatic carbocycles. The molecular formula is C18H17Cl2N3O2S. The molecule has 2 N–H and O–H groups in total. The van der Waals surface area contributed by atoms with Crippen LogP contribution in [-0.2, 0) is 10.0 Å². The first-order valence-corrected chi connectivity index (χ1v) is 10.5. The number of pyridine rings is 1. The number of aromatic nitrogens is 1. The second kappa shape index (κ2) is 7.16. The van der Waals surface area contributed by atoms with Gasteiger partial charge in [0.1, 0.15) is 6.07 Å². The van der Waals surface area contributed by atoms with Crippen LogP contribution in [0.3, 0.4) is 0 Å². The minimum absolute atomic E-state index is 0.224. The molecule has 1 aliphatic carbocycles. The third kappa shape index (κ3) is 3.72. The van der Waals surface area contributed by atoms with E-state index in [1.165, 1.54) is 0 Å². The summed E-state index contributed by atoms with van der Waals surface area (Å²) >= 11 is 12.8. The quantitative estimate of drug-likeness (QED) is 0.803. The Morgan fingerprint density at radius 3 is 2.54 bits per heavy atom. The molecule has 2 aromatic rings. The van der Waals surface area contributed by atoms with E-state index in [-0.39, 0.29) is 11.8 Å². The van der Waals surface area contributed by atoms with Crippen molar-refractivity contribution in [3.8, 4) is 17.2 Å². The average molecular weight is 410 g/mol. The van der Waals surface area contributed by atoms with Crippen LogP contribution in [0, 0.1) is 17.2 Å². The Kier molecular flexibility index (Phi) is 5.27.